The summed E-state index contributed by atoms with van der Waals surface area (Å²) in [7, 11) is 1.56. The second-order valence-corrected chi connectivity index (χ2v) is 5.62. The highest BCUT2D eigenvalue weighted by Crippen LogP contribution is 2.39. The number of ether oxygens (including phenoxy) is 3. The molecule has 114 valence electrons. The second kappa shape index (κ2) is 6.99. The van der Waals surface area contributed by atoms with E-state index in [9.17, 15) is 9.59 Å². The Bertz CT molecular complexity index is 390. The standard InChI is InChI=1S/C15H24O5/c1-10(2)14(17)20-15(4)7-6-12(19-9-18-5)8-13(15)11(3)16/h12-13H,1,6-9H2,2-5H3. The van der Waals surface area contributed by atoms with Crippen molar-refractivity contribution in [2.75, 3.05) is 13.9 Å². The molecule has 0 radical (unpaired) electrons. The minimum absolute atomic E-state index is 0.00716. The van der Waals surface area contributed by atoms with Crippen molar-refractivity contribution in [3.8, 4) is 0 Å². The van der Waals surface area contributed by atoms with Gasteiger partial charge in [-0.3, -0.25) is 4.79 Å². The molecule has 0 amide bonds. The maximum Gasteiger partial charge on any atom is 0.333 e. The molecule has 0 aromatic heterocycles. The first-order valence-corrected chi connectivity index (χ1v) is 6.80. The van der Waals surface area contributed by atoms with E-state index in [2.05, 4.69) is 6.58 Å². The van der Waals surface area contributed by atoms with Gasteiger partial charge in [0.15, 0.2) is 0 Å². The van der Waals surface area contributed by atoms with Gasteiger partial charge in [-0.25, -0.2) is 4.79 Å². The molecule has 0 aromatic carbocycles. The zero-order valence-corrected chi connectivity index (χ0v) is 12.7. The van der Waals surface area contributed by atoms with Crippen molar-refractivity contribution in [2.24, 2.45) is 5.92 Å². The highest BCUT2D eigenvalue weighted by Gasteiger charge is 2.45. The van der Waals surface area contributed by atoms with E-state index in [0.29, 0.717) is 18.4 Å². The van der Waals surface area contributed by atoms with E-state index >= 15 is 0 Å². The summed E-state index contributed by atoms with van der Waals surface area (Å²) in [5.74, 6) is -0.802. The van der Waals surface area contributed by atoms with Crippen molar-refractivity contribution in [1.82, 2.24) is 0 Å². The molecule has 1 fully saturated rings. The van der Waals surface area contributed by atoms with Gasteiger partial charge >= 0.3 is 5.97 Å². The molecule has 5 nitrogen and oxygen atoms in total. The first kappa shape index (κ1) is 16.9. The Balaban J connectivity index is 2.78. The Hall–Kier alpha value is -1.20. The maximum absolute atomic E-state index is 11.9. The molecule has 1 rings (SSSR count). The summed E-state index contributed by atoms with van der Waals surface area (Å²) < 4.78 is 15.9. The number of esters is 1. The Morgan fingerprint density at radius 1 is 1.35 bits per heavy atom. The summed E-state index contributed by atoms with van der Waals surface area (Å²) >= 11 is 0. The minimum Gasteiger partial charge on any atom is -0.455 e. The number of Topliss-reactive ketones (excluding diaryl/α,β-unsaturated/α-hetero) is 1. The Morgan fingerprint density at radius 2 is 2.00 bits per heavy atom. The fourth-order valence-electron chi connectivity index (χ4n) is 2.58. The van der Waals surface area contributed by atoms with Crippen LogP contribution in [0, 0.1) is 5.92 Å². The maximum atomic E-state index is 11.9. The number of hydrogen-bond donors (Lipinski definition) is 0. The lowest BCUT2D eigenvalue weighted by atomic mass is 9.73. The number of methoxy groups -OCH3 is 1. The summed E-state index contributed by atoms with van der Waals surface area (Å²) in [5, 5.41) is 0. The minimum atomic E-state index is -0.783. The quantitative estimate of drug-likeness (QED) is 0.425. The Labute approximate surface area is 120 Å². The molecule has 20 heavy (non-hydrogen) atoms. The average molecular weight is 284 g/mol. The fourth-order valence-corrected chi connectivity index (χ4v) is 2.58. The fraction of sp³-hybridized carbons (Fsp3) is 0.733. The Morgan fingerprint density at radius 3 is 2.50 bits per heavy atom. The summed E-state index contributed by atoms with van der Waals surface area (Å²) in [4.78, 5) is 23.6. The third kappa shape index (κ3) is 4.15. The van der Waals surface area contributed by atoms with Gasteiger partial charge in [0.05, 0.1) is 12.0 Å². The van der Waals surface area contributed by atoms with Crippen LogP contribution in [0.1, 0.15) is 40.0 Å². The molecule has 1 aliphatic rings. The van der Waals surface area contributed by atoms with E-state index in [1.807, 2.05) is 6.92 Å². The van der Waals surface area contributed by atoms with E-state index < -0.39 is 11.6 Å². The molecule has 0 aliphatic heterocycles. The van der Waals surface area contributed by atoms with Gasteiger partial charge in [-0.15, -0.1) is 0 Å². The van der Waals surface area contributed by atoms with Crippen LogP contribution in [0.2, 0.25) is 0 Å². The van der Waals surface area contributed by atoms with Crippen LogP contribution in [-0.4, -0.2) is 37.4 Å². The molecule has 0 aromatic rings. The van der Waals surface area contributed by atoms with Crippen molar-refractivity contribution in [2.45, 2.75) is 51.7 Å². The SMILES string of the molecule is C=C(C)C(=O)OC1(C)CCC(OCOC)CC1C(C)=O. The molecule has 0 heterocycles. The van der Waals surface area contributed by atoms with Crippen molar-refractivity contribution in [1.29, 1.82) is 0 Å². The van der Waals surface area contributed by atoms with Gasteiger partial charge in [0.1, 0.15) is 18.2 Å². The van der Waals surface area contributed by atoms with E-state index in [-0.39, 0.29) is 24.6 Å². The third-order valence-electron chi connectivity index (χ3n) is 3.79. The number of carbonyl (C=O) groups excluding carboxylic acids is 2. The van der Waals surface area contributed by atoms with Gasteiger partial charge in [-0.2, -0.15) is 0 Å². The predicted molar refractivity (Wildman–Crippen MR) is 74.1 cm³/mol. The molecule has 0 spiro atoms. The van der Waals surface area contributed by atoms with Crippen molar-refractivity contribution >= 4 is 11.8 Å². The average Bonchev–Trinajstić information content (AvgIpc) is 2.37. The van der Waals surface area contributed by atoms with Crippen LogP contribution in [0.15, 0.2) is 12.2 Å². The highest BCUT2D eigenvalue weighted by atomic mass is 16.7. The lowest BCUT2D eigenvalue weighted by Gasteiger charge is -2.42. The first-order valence-electron chi connectivity index (χ1n) is 6.80. The van der Waals surface area contributed by atoms with E-state index in [4.69, 9.17) is 14.2 Å². The van der Waals surface area contributed by atoms with Crippen molar-refractivity contribution in [3.63, 3.8) is 0 Å². The number of carbonyl (C=O) groups is 2. The van der Waals surface area contributed by atoms with Crippen LogP contribution in [0.25, 0.3) is 0 Å². The molecule has 1 aliphatic carbocycles. The predicted octanol–water partition coefficient (Wildman–Crippen LogP) is 2.24. The summed E-state index contributed by atoms with van der Waals surface area (Å²) in [6, 6.07) is 0. The number of ketones is 1. The molecule has 3 unspecified atom stereocenters. The number of hydrogen-bond acceptors (Lipinski definition) is 5. The highest BCUT2D eigenvalue weighted by molar-refractivity contribution is 5.88. The van der Waals surface area contributed by atoms with Gasteiger partial charge in [-0.1, -0.05) is 6.58 Å². The smallest absolute Gasteiger partial charge is 0.333 e. The second-order valence-electron chi connectivity index (χ2n) is 5.62. The van der Waals surface area contributed by atoms with Gasteiger partial charge in [0.25, 0.3) is 0 Å². The first-order chi connectivity index (χ1) is 9.30. The van der Waals surface area contributed by atoms with Gasteiger partial charge in [0, 0.05) is 12.7 Å². The van der Waals surface area contributed by atoms with Crippen LogP contribution < -0.4 is 0 Å². The van der Waals surface area contributed by atoms with Gasteiger partial charge in [-0.05, 0) is 40.0 Å². The van der Waals surface area contributed by atoms with E-state index in [1.54, 1.807) is 14.0 Å². The lowest BCUT2D eigenvalue weighted by molar-refractivity contribution is -0.175. The summed E-state index contributed by atoms with van der Waals surface area (Å²) in [6.45, 7) is 8.72. The summed E-state index contributed by atoms with van der Waals surface area (Å²) in [5.41, 5.74) is -0.444. The Kier molecular flexibility index (Phi) is 5.89. The van der Waals surface area contributed by atoms with Crippen LogP contribution in [0.5, 0.6) is 0 Å². The lowest BCUT2D eigenvalue weighted by Crippen LogP contribution is -2.49. The molecule has 0 N–H and O–H groups in total. The molecule has 3 atom stereocenters. The normalized spacial score (nSPS) is 29.8. The topological polar surface area (TPSA) is 61.8 Å². The van der Waals surface area contributed by atoms with Crippen molar-refractivity contribution < 1.29 is 23.8 Å². The van der Waals surface area contributed by atoms with Crippen LogP contribution in [0.3, 0.4) is 0 Å². The molecule has 0 saturated heterocycles. The van der Waals surface area contributed by atoms with Gasteiger partial charge < -0.3 is 14.2 Å². The van der Waals surface area contributed by atoms with Crippen molar-refractivity contribution in [3.05, 3.63) is 12.2 Å². The zero-order valence-electron chi connectivity index (χ0n) is 12.7. The molecule has 0 bridgehead atoms. The van der Waals surface area contributed by atoms with Crippen LogP contribution in [-0.2, 0) is 23.8 Å². The molecule has 5 heteroatoms. The van der Waals surface area contributed by atoms with Gasteiger partial charge in [0.2, 0.25) is 0 Å². The zero-order chi connectivity index (χ0) is 15.3. The molecule has 1 saturated carbocycles. The monoisotopic (exact) mass is 284 g/mol. The molecular weight excluding hydrogens is 260 g/mol. The third-order valence-corrected chi connectivity index (χ3v) is 3.79. The van der Waals surface area contributed by atoms with E-state index in [1.165, 1.54) is 6.92 Å². The van der Waals surface area contributed by atoms with Crippen LogP contribution in [0.4, 0.5) is 0 Å². The largest absolute Gasteiger partial charge is 0.455 e. The number of rotatable bonds is 6. The summed E-state index contributed by atoms with van der Waals surface area (Å²) in [6.07, 6.45) is 1.82. The van der Waals surface area contributed by atoms with Crippen LogP contribution >= 0.6 is 0 Å². The van der Waals surface area contributed by atoms with E-state index in [0.717, 1.165) is 6.42 Å². The molecular formula is C15H24O5.